The van der Waals surface area contributed by atoms with Gasteiger partial charge in [0.15, 0.2) is 11.6 Å². The monoisotopic (exact) mass is 397 g/mol. The molecule has 1 aliphatic rings. The summed E-state index contributed by atoms with van der Waals surface area (Å²) < 4.78 is 26.2. The van der Waals surface area contributed by atoms with Gasteiger partial charge in [-0.05, 0) is 37.5 Å². The molecule has 0 saturated carbocycles. The molecule has 2 unspecified atom stereocenters. The summed E-state index contributed by atoms with van der Waals surface area (Å²) in [6, 6.07) is 4.00. The van der Waals surface area contributed by atoms with Crippen LogP contribution in [0, 0.1) is 17.6 Å². The van der Waals surface area contributed by atoms with Gasteiger partial charge in [-0.15, -0.1) is 24.8 Å². The molecule has 1 heterocycles. The first-order valence-electron chi connectivity index (χ1n) is 8.09. The topological polar surface area (TPSA) is 58.4 Å². The minimum absolute atomic E-state index is 0. The van der Waals surface area contributed by atoms with Gasteiger partial charge < -0.3 is 11.1 Å². The Morgan fingerprint density at radius 2 is 1.84 bits per heavy atom. The highest BCUT2D eigenvalue weighted by Crippen LogP contribution is 2.16. The van der Waals surface area contributed by atoms with E-state index in [9.17, 15) is 13.6 Å². The lowest BCUT2D eigenvalue weighted by Crippen LogP contribution is -2.48. The molecular formula is C17H27Cl2F2N3O. The second-order valence-electron chi connectivity index (χ2n) is 6.46. The zero-order valence-electron chi connectivity index (χ0n) is 14.5. The summed E-state index contributed by atoms with van der Waals surface area (Å²) in [6.07, 6.45) is 1.70. The van der Waals surface area contributed by atoms with Gasteiger partial charge >= 0.3 is 0 Å². The summed E-state index contributed by atoms with van der Waals surface area (Å²) in [6.45, 7) is 5.88. The Bertz CT molecular complexity index is 553. The van der Waals surface area contributed by atoms with Crippen LogP contribution in [0.3, 0.4) is 0 Å². The minimum Gasteiger partial charge on any atom is -0.353 e. The molecule has 0 bridgehead atoms. The third-order valence-corrected chi connectivity index (χ3v) is 4.53. The fraction of sp³-hybridized carbons (Fsp3) is 0.588. The summed E-state index contributed by atoms with van der Waals surface area (Å²) in [5, 5.41) is 3.05. The number of amides is 1. The van der Waals surface area contributed by atoms with Crippen LogP contribution in [0.25, 0.3) is 0 Å². The van der Waals surface area contributed by atoms with E-state index in [1.807, 2.05) is 13.8 Å². The third-order valence-electron chi connectivity index (χ3n) is 4.53. The maximum atomic E-state index is 13.2. The van der Waals surface area contributed by atoms with Gasteiger partial charge in [-0.1, -0.05) is 13.0 Å². The van der Waals surface area contributed by atoms with Gasteiger partial charge in [0.1, 0.15) is 0 Å². The number of piperidine rings is 1. The predicted octanol–water partition coefficient (Wildman–Crippen LogP) is 2.87. The number of benzene rings is 1. The van der Waals surface area contributed by atoms with Crippen LogP contribution in [0.2, 0.25) is 0 Å². The molecule has 1 aliphatic heterocycles. The molecule has 0 aromatic heterocycles. The number of likely N-dealkylation sites (tertiary alicyclic amines) is 1. The number of halogens is 4. The zero-order valence-corrected chi connectivity index (χ0v) is 16.1. The van der Waals surface area contributed by atoms with Crippen molar-refractivity contribution >= 4 is 30.7 Å². The normalized spacial score (nSPS) is 17.8. The van der Waals surface area contributed by atoms with E-state index in [-0.39, 0.29) is 48.7 Å². The molecule has 0 radical (unpaired) electrons. The lowest BCUT2D eigenvalue weighted by atomic mass is 10.00. The van der Waals surface area contributed by atoms with Crippen LogP contribution in [-0.4, -0.2) is 36.0 Å². The lowest BCUT2D eigenvalue weighted by Gasteiger charge is -2.33. The van der Waals surface area contributed by atoms with Crippen LogP contribution in [0.15, 0.2) is 18.2 Å². The molecule has 1 amide bonds. The molecule has 2 rings (SSSR count). The SMILES string of the molecule is CC(N)C(C)C(=O)NC1CCN(Cc2ccc(F)c(F)c2)CC1.Cl.Cl. The molecule has 3 N–H and O–H groups in total. The predicted molar refractivity (Wildman–Crippen MR) is 100 cm³/mol. The van der Waals surface area contributed by atoms with E-state index in [0.29, 0.717) is 6.54 Å². The average molecular weight is 398 g/mol. The van der Waals surface area contributed by atoms with Crippen LogP contribution >= 0.6 is 24.8 Å². The van der Waals surface area contributed by atoms with Crippen molar-refractivity contribution in [2.45, 2.75) is 45.3 Å². The number of hydrogen-bond donors (Lipinski definition) is 2. The second kappa shape index (κ2) is 10.9. The van der Waals surface area contributed by atoms with Crippen molar-refractivity contribution < 1.29 is 13.6 Å². The molecule has 0 aliphatic carbocycles. The molecule has 1 aromatic rings. The fourth-order valence-corrected chi connectivity index (χ4v) is 2.70. The van der Waals surface area contributed by atoms with E-state index in [0.717, 1.165) is 37.6 Å². The summed E-state index contributed by atoms with van der Waals surface area (Å²) in [5.41, 5.74) is 6.51. The molecule has 1 aromatic carbocycles. The average Bonchev–Trinajstić information content (AvgIpc) is 2.52. The van der Waals surface area contributed by atoms with Crippen molar-refractivity contribution in [1.82, 2.24) is 10.2 Å². The molecule has 144 valence electrons. The molecule has 0 spiro atoms. The van der Waals surface area contributed by atoms with Crippen molar-refractivity contribution in [3.63, 3.8) is 0 Å². The molecular weight excluding hydrogens is 371 g/mol. The van der Waals surface area contributed by atoms with Gasteiger partial charge in [0.25, 0.3) is 0 Å². The Kier molecular flexibility index (Phi) is 10.5. The zero-order chi connectivity index (χ0) is 17.0. The summed E-state index contributed by atoms with van der Waals surface area (Å²) in [7, 11) is 0. The maximum Gasteiger partial charge on any atom is 0.224 e. The van der Waals surface area contributed by atoms with Gasteiger partial charge in [-0.2, -0.15) is 0 Å². The summed E-state index contributed by atoms with van der Waals surface area (Å²) in [4.78, 5) is 14.2. The Morgan fingerprint density at radius 1 is 1.24 bits per heavy atom. The Hall–Kier alpha value is -0.950. The Balaban J connectivity index is 0.00000288. The minimum atomic E-state index is -0.821. The largest absolute Gasteiger partial charge is 0.353 e. The van der Waals surface area contributed by atoms with Crippen LogP contribution in [-0.2, 0) is 11.3 Å². The second-order valence-corrected chi connectivity index (χ2v) is 6.46. The molecule has 4 nitrogen and oxygen atoms in total. The number of rotatable bonds is 5. The highest BCUT2D eigenvalue weighted by atomic mass is 35.5. The Labute approximate surface area is 160 Å². The van der Waals surface area contributed by atoms with E-state index >= 15 is 0 Å². The Morgan fingerprint density at radius 3 is 2.36 bits per heavy atom. The van der Waals surface area contributed by atoms with Crippen LogP contribution < -0.4 is 11.1 Å². The van der Waals surface area contributed by atoms with E-state index in [2.05, 4.69) is 10.2 Å². The van der Waals surface area contributed by atoms with Crippen LogP contribution in [0.1, 0.15) is 32.3 Å². The number of nitrogens with zero attached hydrogens (tertiary/aromatic N) is 1. The highest BCUT2D eigenvalue weighted by molar-refractivity contribution is 5.85. The van der Waals surface area contributed by atoms with E-state index in [4.69, 9.17) is 5.73 Å². The number of nitrogens with one attached hydrogen (secondary N) is 1. The van der Waals surface area contributed by atoms with Crippen LogP contribution in [0.4, 0.5) is 8.78 Å². The van der Waals surface area contributed by atoms with Gasteiger partial charge in [-0.3, -0.25) is 9.69 Å². The lowest BCUT2D eigenvalue weighted by molar-refractivity contribution is -0.126. The first-order chi connectivity index (χ1) is 10.9. The number of nitrogens with two attached hydrogens (primary N) is 1. The third kappa shape index (κ3) is 7.05. The van der Waals surface area contributed by atoms with E-state index in [1.54, 1.807) is 6.07 Å². The fourth-order valence-electron chi connectivity index (χ4n) is 2.70. The summed E-state index contributed by atoms with van der Waals surface area (Å²) >= 11 is 0. The number of carbonyl (C=O) groups is 1. The van der Waals surface area contributed by atoms with Gasteiger partial charge in [0.2, 0.25) is 5.91 Å². The van der Waals surface area contributed by atoms with Gasteiger partial charge in [0, 0.05) is 37.6 Å². The van der Waals surface area contributed by atoms with Crippen molar-refractivity contribution in [3.8, 4) is 0 Å². The molecule has 8 heteroatoms. The number of hydrogen-bond acceptors (Lipinski definition) is 3. The van der Waals surface area contributed by atoms with Crippen molar-refractivity contribution in [2.75, 3.05) is 13.1 Å². The van der Waals surface area contributed by atoms with Crippen molar-refractivity contribution in [2.24, 2.45) is 11.7 Å². The van der Waals surface area contributed by atoms with Crippen LogP contribution in [0.5, 0.6) is 0 Å². The van der Waals surface area contributed by atoms with Crippen molar-refractivity contribution in [1.29, 1.82) is 0 Å². The smallest absolute Gasteiger partial charge is 0.224 e. The standard InChI is InChI=1S/C17H25F2N3O.2ClH/c1-11(12(2)20)17(23)21-14-5-7-22(8-6-14)10-13-3-4-15(18)16(19)9-13;;/h3-4,9,11-12,14H,5-8,10,20H2,1-2H3,(H,21,23);2*1H. The molecule has 1 saturated heterocycles. The quantitative estimate of drug-likeness (QED) is 0.802. The van der Waals surface area contributed by atoms with E-state index < -0.39 is 11.6 Å². The molecule has 25 heavy (non-hydrogen) atoms. The maximum absolute atomic E-state index is 13.2. The van der Waals surface area contributed by atoms with Gasteiger partial charge in [-0.25, -0.2) is 8.78 Å². The first kappa shape index (κ1) is 24.1. The van der Waals surface area contributed by atoms with E-state index in [1.165, 1.54) is 6.07 Å². The first-order valence-corrected chi connectivity index (χ1v) is 8.09. The van der Waals surface area contributed by atoms with Gasteiger partial charge in [0.05, 0.1) is 0 Å². The molecule has 1 fully saturated rings. The number of carbonyl (C=O) groups excluding carboxylic acids is 1. The van der Waals surface area contributed by atoms with Crippen molar-refractivity contribution in [3.05, 3.63) is 35.4 Å². The molecule has 2 atom stereocenters. The summed E-state index contributed by atoms with van der Waals surface area (Å²) in [5.74, 6) is -1.83. The highest BCUT2D eigenvalue weighted by Gasteiger charge is 2.24.